The van der Waals surface area contributed by atoms with Crippen LogP contribution in [0.4, 0.5) is 5.69 Å². The van der Waals surface area contributed by atoms with Gasteiger partial charge >= 0.3 is 0 Å². The molecule has 5 nitrogen and oxygen atoms in total. The van der Waals surface area contributed by atoms with Crippen LogP contribution in [0.1, 0.15) is 19.3 Å². The van der Waals surface area contributed by atoms with E-state index < -0.39 is 11.9 Å². The Kier molecular flexibility index (Phi) is 5.36. The molecule has 1 N–H and O–H groups in total. The number of aliphatic carboxylic acids is 1. The highest BCUT2D eigenvalue weighted by Gasteiger charge is 2.31. The molecule has 1 aromatic carbocycles. The van der Waals surface area contributed by atoms with E-state index in [2.05, 4.69) is 27.9 Å². The number of amides is 1. The molecule has 0 bridgehead atoms. The van der Waals surface area contributed by atoms with Crippen molar-refractivity contribution < 1.29 is 19.4 Å². The second kappa shape index (κ2) is 7.03. The van der Waals surface area contributed by atoms with Crippen LogP contribution in [-0.4, -0.2) is 24.6 Å². The van der Waals surface area contributed by atoms with E-state index in [9.17, 15) is 14.7 Å². The minimum Gasteiger partial charge on any atom is -0.550 e. The first-order valence-corrected chi connectivity index (χ1v) is 7.52. The van der Waals surface area contributed by atoms with Gasteiger partial charge in [0.15, 0.2) is 0 Å². The summed E-state index contributed by atoms with van der Waals surface area (Å²) in [6, 6.07) is 7.31. The Bertz CT molecular complexity index is 482. The predicted octanol–water partition coefficient (Wildman–Crippen LogP) is 1.16. The lowest BCUT2D eigenvalue weighted by atomic mass is 9.95. The average Bonchev–Trinajstić information content (AvgIpc) is 2.92. The Morgan fingerprint density at radius 1 is 1.40 bits per heavy atom. The van der Waals surface area contributed by atoms with Crippen molar-refractivity contribution in [3.63, 3.8) is 0 Å². The quantitative estimate of drug-likeness (QED) is 0.769. The zero-order valence-corrected chi connectivity index (χ0v) is 13.0. The number of nitrogens with one attached hydrogen (secondary N) is 1. The number of carboxylic acid groups (broad SMARTS) is 1. The van der Waals surface area contributed by atoms with Gasteiger partial charge in [-0.25, -0.2) is 0 Å². The summed E-state index contributed by atoms with van der Waals surface area (Å²) in [5.74, 6) is -2.27. The molecule has 1 heterocycles. The van der Waals surface area contributed by atoms with Crippen molar-refractivity contribution in [3.05, 3.63) is 27.8 Å². The van der Waals surface area contributed by atoms with Crippen molar-refractivity contribution in [1.82, 2.24) is 0 Å². The highest BCUT2D eigenvalue weighted by atomic mass is 127. The third-order valence-electron chi connectivity index (χ3n) is 3.25. The molecule has 0 radical (unpaired) electrons. The molecule has 0 aromatic heterocycles. The monoisotopic (exact) mass is 388 g/mol. The van der Waals surface area contributed by atoms with Crippen LogP contribution in [0.2, 0.25) is 0 Å². The van der Waals surface area contributed by atoms with Crippen molar-refractivity contribution in [1.29, 1.82) is 0 Å². The first-order chi connectivity index (χ1) is 9.56. The molecular weight excluding hydrogens is 373 g/mol. The molecule has 1 amide bonds. The van der Waals surface area contributed by atoms with Gasteiger partial charge in [-0.1, -0.05) is 0 Å². The number of carbonyl (C=O) groups is 2. The van der Waals surface area contributed by atoms with Gasteiger partial charge in [-0.2, -0.15) is 0 Å². The molecule has 0 spiro atoms. The largest absolute Gasteiger partial charge is 0.550 e. The van der Waals surface area contributed by atoms with Gasteiger partial charge in [-0.05, 0) is 59.7 Å². The molecule has 20 heavy (non-hydrogen) atoms. The lowest BCUT2D eigenvalue weighted by Gasteiger charge is -2.22. The second-order valence-corrected chi connectivity index (χ2v) is 5.98. The molecule has 2 rings (SSSR count). The van der Waals surface area contributed by atoms with Crippen LogP contribution in [0, 0.1) is 9.49 Å². The van der Waals surface area contributed by atoms with Gasteiger partial charge < -0.3 is 20.0 Å². The third kappa shape index (κ3) is 4.17. The van der Waals surface area contributed by atoms with Gasteiger partial charge in [0.1, 0.15) is 0 Å². The summed E-state index contributed by atoms with van der Waals surface area (Å²) in [6.07, 6.45) is 0.904. The van der Waals surface area contributed by atoms with Gasteiger partial charge in [-0.15, -0.1) is 0 Å². The summed E-state index contributed by atoms with van der Waals surface area (Å²) in [4.78, 5) is 23.1. The Labute approximate surface area is 130 Å². The second-order valence-electron chi connectivity index (χ2n) is 4.73. The lowest BCUT2D eigenvalue weighted by Crippen LogP contribution is -2.38. The zero-order chi connectivity index (χ0) is 14.5. The lowest BCUT2D eigenvalue weighted by molar-refractivity contribution is -0.307. The Morgan fingerprint density at radius 3 is 2.65 bits per heavy atom. The molecule has 0 saturated carbocycles. The van der Waals surface area contributed by atoms with Crippen molar-refractivity contribution in [2.45, 2.75) is 25.4 Å². The third-order valence-corrected chi connectivity index (χ3v) is 3.97. The number of ether oxygens (including phenoxy) is 1. The van der Waals surface area contributed by atoms with Crippen LogP contribution in [0.15, 0.2) is 24.3 Å². The van der Waals surface area contributed by atoms with E-state index in [-0.39, 0.29) is 18.4 Å². The van der Waals surface area contributed by atoms with Crippen molar-refractivity contribution in [2.24, 2.45) is 5.92 Å². The number of hydrogen-bond donors (Lipinski definition) is 1. The minimum absolute atomic E-state index is 0.319. The molecule has 1 aromatic rings. The summed E-state index contributed by atoms with van der Waals surface area (Å²) in [5, 5.41) is 13.6. The van der Waals surface area contributed by atoms with Gasteiger partial charge in [0, 0.05) is 28.3 Å². The van der Waals surface area contributed by atoms with Crippen LogP contribution in [0.25, 0.3) is 0 Å². The number of benzene rings is 1. The highest BCUT2D eigenvalue weighted by molar-refractivity contribution is 14.1. The van der Waals surface area contributed by atoms with Crippen molar-refractivity contribution in [3.8, 4) is 0 Å². The number of hydrogen-bond acceptors (Lipinski definition) is 4. The van der Waals surface area contributed by atoms with Crippen molar-refractivity contribution in [2.75, 3.05) is 11.9 Å². The van der Waals surface area contributed by atoms with Crippen molar-refractivity contribution >= 4 is 40.2 Å². The molecule has 2 atom stereocenters. The molecular formula is C14H15INO4-. The maximum Gasteiger partial charge on any atom is 0.230 e. The fourth-order valence-corrected chi connectivity index (χ4v) is 2.62. The van der Waals surface area contributed by atoms with Crippen LogP contribution in [0.3, 0.4) is 0 Å². The van der Waals surface area contributed by atoms with Crippen LogP contribution in [-0.2, 0) is 14.3 Å². The molecule has 108 valence electrons. The topological polar surface area (TPSA) is 78.5 Å². The van der Waals surface area contributed by atoms with Gasteiger partial charge in [0.2, 0.25) is 5.91 Å². The fourth-order valence-electron chi connectivity index (χ4n) is 2.26. The number of halogens is 1. The van der Waals surface area contributed by atoms with E-state index >= 15 is 0 Å². The minimum atomic E-state index is -1.23. The number of carbonyl (C=O) groups excluding carboxylic acids is 2. The van der Waals surface area contributed by atoms with E-state index in [1.165, 1.54) is 0 Å². The molecule has 1 aliphatic rings. The first kappa shape index (κ1) is 15.2. The predicted molar refractivity (Wildman–Crippen MR) is 79.9 cm³/mol. The van der Waals surface area contributed by atoms with Crippen LogP contribution >= 0.6 is 22.6 Å². The van der Waals surface area contributed by atoms with Gasteiger partial charge in [0.25, 0.3) is 0 Å². The summed E-state index contributed by atoms with van der Waals surface area (Å²) in [6.45, 7) is 0.574. The standard InChI is InChI=1S/C14H16INO4/c15-9-3-5-10(6-4-9)16-14(19)11(8-13(17)18)12-2-1-7-20-12/h3-6,11-12H,1-2,7-8H2,(H,16,19)(H,17,18)/p-1/t11-,12+/m1/s1. The van der Waals surface area contributed by atoms with E-state index in [1.54, 1.807) is 12.1 Å². The Hall–Kier alpha value is -1.15. The van der Waals surface area contributed by atoms with Gasteiger partial charge in [0.05, 0.1) is 12.0 Å². The SMILES string of the molecule is O=C([O-])C[C@@H](C(=O)Nc1ccc(I)cc1)[C@@H]1CCCO1. The Morgan fingerprint density at radius 2 is 2.10 bits per heavy atom. The first-order valence-electron chi connectivity index (χ1n) is 6.44. The molecule has 6 heteroatoms. The van der Waals surface area contributed by atoms with E-state index in [4.69, 9.17) is 4.74 Å². The number of carboxylic acids is 1. The summed E-state index contributed by atoms with van der Waals surface area (Å²) in [7, 11) is 0. The fraction of sp³-hybridized carbons (Fsp3) is 0.429. The highest BCUT2D eigenvalue weighted by Crippen LogP contribution is 2.24. The molecule has 0 unspecified atom stereocenters. The summed E-state index contributed by atoms with van der Waals surface area (Å²) in [5.41, 5.74) is 0.650. The summed E-state index contributed by atoms with van der Waals surface area (Å²) < 4.78 is 6.50. The smallest absolute Gasteiger partial charge is 0.230 e. The Balaban J connectivity index is 2.05. The molecule has 0 aliphatic carbocycles. The van der Waals surface area contributed by atoms with Crippen LogP contribution in [0.5, 0.6) is 0 Å². The van der Waals surface area contributed by atoms with Gasteiger partial charge in [-0.3, -0.25) is 4.79 Å². The molecule has 1 fully saturated rings. The summed E-state index contributed by atoms with van der Waals surface area (Å²) >= 11 is 2.17. The van der Waals surface area contributed by atoms with E-state index in [0.717, 1.165) is 9.99 Å². The normalized spacial score (nSPS) is 19.6. The molecule has 1 saturated heterocycles. The number of rotatable bonds is 5. The van der Waals surface area contributed by atoms with Crippen LogP contribution < -0.4 is 10.4 Å². The zero-order valence-electron chi connectivity index (χ0n) is 10.8. The maximum absolute atomic E-state index is 12.2. The molecule has 1 aliphatic heterocycles. The maximum atomic E-state index is 12.2. The average molecular weight is 388 g/mol. The number of anilines is 1. The van der Waals surface area contributed by atoms with E-state index in [0.29, 0.717) is 18.7 Å². The van der Waals surface area contributed by atoms with E-state index in [1.807, 2.05) is 12.1 Å².